The Kier molecular flexibility index (Phi) is 5.93. The first-order chi connectivity index (χ1) is 14.6. The number of unbranched alkanes of at least 4 members (excludes halogenated alkanes) is 1. The van der Waals surface area contributed by atoms with Crippen LogP contribution in [0.3, 0.4) is 0 Å². The molecule has 0 bridgehead atoms. The van der Waals surface area contributed by atoms with Crippen molar-refractivity contribution in [1.29, 1.82) is 0 Å². The smallest absolute Gasteiger partial charge is 0.0947 e. The van der Waals surface area contributed by atoms with E-state index < -0.39 is 0 Å². The third-order valence-electron chi connectivity index (χ3n) is 6.45. The number of hydrogen-bond donors (Lipinski definition) is 0. The highest BCUT2D eigenvalue weighted by molar-refractivity contribution is 5.53. The molecule has 6 nitrogen and oxygen atoms in total. The molecule has 0 atom stereocenters. The molecule has 2 aliphatic rings. The van der Waals surface area contributed by atoms with Crippen LogP contribution in [0.25, 0.3) is 0 Å². The number of rotatable bonds is 7. The molecule has 0 saturated heterocycles. The summed E-state index contributed by atoms with van der Waals surface area (Å²) in [6, 6.07) is 8.27. The van der Waals surface area contributed by atoms with Gasteiger partial charge in [-0.1, -0.05) is 0 Å². The lowest BCUT2D eigenvalue weighted by molar-refractivity contribution is 0.329. The van der Waals surface area contributed by atoms with E-state index in [4.69, 9.17) is 0 Å². The van der Waals surface area contributed by atoms with E-state index in [1.807, 2.05) is 36.9 Å². The van der Waals surface area contributed by atoms with Crippen LogP contribution in [0.4, 0.5) is 11.4 Å². The standard InChI is InChI=1S/C24H32N6/c1-19-21(3)29(23-9-7-11-25-15-23)17-27(19)13-5-6-14-28-18-30(22(4)20(28)2)24-10-8-12-26-16-24/h7-12,15-16H,5-6,13-14,17-18H2,1-4H3. The Labute approximate surface area is 180 Å². The van der Waals surface area contributed by atoms with Crippen molar-refractivity contribution in [3.8, 4) is 0 Å². The second kappa shape index (κ2) is 8.78. The Morgan fingerprint density at radius 3 is 1.47 bits per heavy atom. The van der Waals surface area contributed by atoms with E-state index in [2.05, 4.69) is 69.4 Å². The molecule has 0 fully saturated rings. The Morgan fingerprint density at radius 2 is 1.10 bits per heavy atom. The summed E-state index contributed by atoms with van der Waals surface area (Å²) in [7, 11) is 0. The van der Waals surface area contributed by atoms with E-state index in [-0.39, 0.29) is 0 Å². The summed E-state index contributed by atoms with van der Waals surface area (Å²) in [6.45, 7) is 12.9. The highest BCUT2D eigenvalue weighted by Crippen LogP contribution is 2.30. The topological polar surface area (TPSA) is 38.7 Å². The van der Waals surface area contributed by atoms with Crippen molar-refractivity contribution in [2.45, 2.75) is 40.5 Å². The van der Waals surface area contributed by atoms with Crippen LogP contribution in [0.1, 0.15) is 40.5 Å². The Bertz CT molecular complexity index is 844. The highest BCUT2D eigenvalue weighted by Gasteiger charge is 2.26. The molecular weight excluding hydrogens is 372 g/mol. The van der Waals surface area contributed by atoms with Crippen molar-refractivity contribution in [1.82, 2.24) is 19.8 Å². The minimum absolute atomic E-state index is 0.917. The van der Waals surface area contributed by atoms with Gasteiger partial charge in [0.05, 0.1) is 37.1 Å². The van der Waals surface area contributed by atoms with E-state index >= 15 is 0 Å². The average Bonchev–Trinajstić information content (AvgIpc) is 3.23. The molecule has 0 saturated carbocycles. The summed E-state index contributed by atoms with van der Waals surface area (Å²) in [5.74, 6) is 0. The molecule has 2 aliphatic heterocycles. The van der Waals surface area contributed by atoms with Gasteiger partial charge in [-0.2, -0.15) is 0 Å². The fraction of sp³-hybridized carbons (Fsp3) is 0.417. The van der Waals surface area contributed by atoms with Crippen LogP contribution < -0.4 is 9.80 Å². The predicted molar refractivity (Wildman–Crippen MR) is 123 cm³/mol. The summed E-state index contributed by atoms with van der Waals surface area (Å²) in [4.78, 5) is 18.2. The zero-order chi connectivity index (χ0) is 21.1. The predicted octanol–water partition coefficient (Wildman–Crippen LogP) is 4.62. The van der Waals surface area contributed by atoms with Gasteiger partial charge in [0.25, 0.3) is 0 Å². The highest BCUT2D eigenvalue weighted by atomic mass is 15.4. The van der Waals surface area contributed by atoms with Crippen LogP contribution >= 0.6 is 0 Å². The monoisotopic (exact) mass is 404 g/mol. The summed E-state index contributed by atoms with van der Waals surface area (Å²) in [6.07, 6.45) is 9.91. The normalized spacial score (nSPS) is 17.1. The van der Waals surface area contributed by atoms with E-state index in [1.54, 1.807) is 0 Å². The summed E-state index contributed by atoms with van der Waals surface area (Å²) >= 11 is 0. The molecule has 6 heteroatoms. The maximum atomic E-state index is 4.27. The summed E-state index contributed by atoms with van der Waals surface area (Å²) in [5.41, 5.74) is 7.72. The van der Waals surface area contributed by atoms with Gasteiger partial charge < -0.3 is 19.6 Å². The van der Waals surface area contributed by atoms with Crippen molar-refractivity contribution < 1.29 is 0 Å². The molecule has 158 valence electrons. The van der Waals surface area contributed by atoms with Crippen LogP contribution in [0.2, 0.25) is 0 Å². The number of hydrogen-bond acceptors (Lipinski definition) is 6. The fourth-order valence-corrected chi connectivity index (χ4v) is 4.27. The van der Waals surface area contributed by atoms with Crippen molar-refractivity contribution >= 4 is 11.4 Å². The molecule has 2 aromatic rings. The van der Waals surface area contributed by atoms with E-state index in [1.165, 1.54) is 47.0 Å². The third kappa shape index (κ3) is 3.99. The molecule has 4 rings (SSSR count). The van der Waals surface area contributed by atoms with Gasteiger partial charge in [0.1, 0.15) is 0 Å². The molecule has 4 heterocycles. The Morgan fingerprint density at radius 1 is 0.667 bits per heavy atom. The first-order valence-corrected chi connectivity index (χ1v) is 10.8. The van der Waals surface area contributed by atoms with Crippen LogP contribution in [0, 0.1) is 0 Å². The van der Waals surface area contributed by atoms with E-state index in [9.17, 15) is 0 Å². The van der Waals surface area contributed by atoms with Gasteiger partial charge in [0.2, 0.25) is 0 Å². The zero-order valence-electron chi connectivity index (χ0n) is 18.5. The second-order valence-corrected chi connectivity index (χ2v) is 8.14. The molecule has 0 aliphatic carbocycles. The Hall–Kier alpha value is -3.02. The number of aromatic nitrogens is 2. The van der Waals surface area contributed by atoms with Crippen molar-refractivity contribution in [3.05, 3.63) is 71.8 Å². The van der Waals surface area contributed by atoms with E-state index in [0.717, 1.165) is 26.4 Å². The van der Waals surface area contributed by atoms with Crippen molar-refractivity contribution in [2.24, 2.45) is 0 Å². The first-order valence-electron chi connectivity index (χ1n) is 10.8. The van der Waals surface area contributed by atoms with Crippen molar-refractivity contribution in [2.75, 3.05) is 36.2 Å². The Balaban J connectivity index is 1.28. The maximum Gasteiger partial charge on any atom is 0.0947 e. The minimum Gasteiger partial charge on any atom is -0.356 e. The number of anilines is 2. The number of nitrogens with zero attached hydrogens (tertiary/aromatic N) is 6. The average molecular weight is 405 g/mol. The molecule has 2 aromatic heterocycles. The molecule has 30 heavy (non-hydrogen) atoms. The maximum absolute atomic E-state index is 4.27. The van der Waals surface area contributed by atoms with Gasteiger partial charge >= 0.3 is 0 Å². The van der Waals surface area contributed by atoms with Crippen LogP contribution in [0.5, 0.6) is 0 Å². The van der Waals surface area contributed by atoms with Gasteiger partial charge in [0.15, 0.2) is 0 Å². The SMILES string of the molecule is CC1=C(C)N(c2cccnc2)CN1CCCCN1CN(c2cccnc2)C(C)=C1C. The quantitative estimate of drug-likeness (QED) is 0.627. The molecular formula is C24H32N6. The van der Waals surface area contributed by atoms with Crippen LogP contribution in [-0.2, 0) is 0 Å². The second-order valence-electron chi connectivity index (χ2n) is 8.14. The molecule has 0 N–H and O–H groups in total. The lowest BCUT2D eigenvalue weighted by Gasteiger charge is -2.25. The van der Waals surface area contributed by atoms with Gasteiger partial charge in [-0.3, -0.25) is 9.97 Å². The lowest BCUT2D eigenvalue weighted by Crippen LogP contribution is -2.30. The first kappa shape index (κ1) is 20.3. The van der Waals surface area contributed by atoms with Gasteiger partial charge in [0, 0.05) is 48.3 Å². The minimum atomic E-state index is 0.917. The van der Waals surface area contributed by atoms with Crippen molar-refractivity contribution in [3.63, 3.8) is 0 Å². The number of allylic oxidation sites excluding steroid dienone is 4. The summed E-state index contributed by atoms with van der Waals surface area (Å²) < 4.78 is 0. The zero-order valence-corrected chi connectivity index (χ0v) is 18.5. The van der Waals surface area contributed by atoms with Gasteiger partial charge in [-0.05, 0) is 64.8 Å². The molecule has 0 spiro atoms. The molecule has 0 unspecified atom stereocenters. The van der Waals surface area contributed by atoms with Gasteiger partial charge in [-0.25, -0.2) is 0 Å². The largest absolute Gasteiger partial charge is 0.356 e. The third-order valence-corrected chi connectivity index (χ3v) is 6.45. The molecule has 0 amide bonds. The number of pyridine rings is 2. The molecule has 0 radical (unpaired) electrons. The van der Waals surface area contributed by atoms with Crippen LogP contribution in [-0.4, -0.2) is 46.2 Å². The lowest BCUT2D eigenvalue weighted by atomic mass is 10.2. The molecule has 0 aromatic carbocycles. The fourth-order valence-electron chi connectivity index (χ4n) is 4.27. The van der Waals surface area contributed by atoms with E-state index in [0.29, 0.717) is 0 Å². The van der Waals surface area contributed by atoms with Crippen LogP contribution in [0.15, 0.2) is 71.8 Å². The van der Waals surface area contributed by atoms with Gasteiger partial charge in [-0.15, -0.1) is 0 Å². The summed E-state index contributed by atoms with van der Waals surface area (Å²) in [5, 5.41) is 0.